The molecular formula is C47H52BBrN13O6S2. The fraction of sp³-hybridized carbons (Fsp3) is 0.340. The molecule has 2 saturated carbocycles. The van der Waals surface area contributed by atoms with Gasteiger partial charge in [0.15, 0.2) is 3.92 Å². The first kappa shape index (κ1) is 50.0. The lowest BCUT2D eigenvalue weighted by molar-refractivity contribution is 0.0258. The fourth-order valence-electron chi connectivity index (χ4n) is 8.20. The number of ether oxygens (including phenoxy) is 2. The van der Waals surface area contributed by atoms with Gasteiger partial charge in [0.05, 0.1) is 53.3 Å². The van der Waals surface area contributed by atoms with E-state index in [2.05, 4.69) is 66.3 Å². The van der Waals surface area contributed by atoms with E-state index < -0.39 is 0 Å². The van der Waals surface area contributed by atoms with E-state index in [0.717, 1.165) is 80.8 Å². The van der Waals surface area contributed by atoms with Crippen molar-refractivity contribution in [2.45, 2.75) is 89.5 Å². The second-order valence-electron chi connectivity index (χ2n) is 16.1. The monoisotopic (exact) mass is 1050 g/mol. The molecule has 2 aliphatic carbocycles. The highest BCUT2D eigenvalue weighted by Crippen LogP contribution is 2.36. The molecule has 8 heterocycles. The fourth-order valence-corrected chi connectivity index (χ4v) is 9.97. The standard InChI is InChI=1S/C23H25N7O2S.C20H22BrN5O2S.C4H5BNO2/c1-2-32-17-8-6-16(7-9-17)30-13-19(21(29-30)18-5-3-4-10-24-18)27-22(31)20-14-33-23(28-20)15-11-25-26-12-15;1-2-28-14-8-6-13(7-9-14)26-11-16(18(25-26)15-5-3-4-10-22-15)23-19(27)17-12-29-20(21)24-17;7-5-8-4-1-2-6-3-4/h3-5,10-14,16-17H,2,6-9H2,1H3,(H,25,26)(H,27,31);3-5,10-14H,2,6-9H2,1H3,(H,23,27);1-3,6-7H. The van der Waals surface area contributed by atoms with Crippen LogP contribution >= 0.6 is 38.6 Å². The SMILES string of the molecule is CCOC1CCC(n2cc(NC(=O)c3csc(-c4cn[nH]c4)n3)c(-c3ccccn3)n2)CC1.CCOC1CCC(n2cc(NC(=O)c3csc(Br)n3)c(-c3ccccn3)n2)CC1.O[B]Oc1cc[nH]c1. The molecule has 0 unspecified atom stereocenters. The van der Waals surface area contributed by atoms with E-state index in [9.17, 15) is 9.59 Å². The van der Waals surface area contributed by atoms with Gasteiger partial charge in [-0.05, 0) is 111 Å². The van der Waals surface area contributed by atoms with Gasteiger partial charge < -0.3 is 34.8 Å². The minimum atomic E-state index is -0.280. The summed E-state index contributed by atoms with van der Waals surface area (Å²) in [6, 6.07) is 13.6. The zero-order valence-corrected chi connectivity index (χ0v) is 41.7. The smallest absolute Gasteiger partial charge is 0.536 e. The Labute approximate surface area is 421 Å². The number of H-pyrrole nitrogens is 2. The Hall–Kier alpha value is -6.37. The number of hydrogen-bond donors (Lipinski definition) is 5. The third-order valence-corrected chi connectivity index (χ3v) is 13.8. The van der Waals surface area contributed by atoms with Crippen molar-refractivity contribution in [3.63, 3.8) is 0 Å². The van der Waals surface area contributed by atoms with E-state index in [-0.39, 0.29) is 23.9 Å². The Morgan fingerprint density at radius 3 is 1.77 bits per heavy atom. The van der Waals surface area contributed by atoms with E-state index in [0.29, 0.717) is 69.4 Å². The Bertz CT molecular complexity index is 2830. The van der Waals surface area contributed by atoms with E-state index >= 15 is 0 Å². The molecule has 0 atom stereocenters. The number of nitrogens with one attached hydrogen (secondary N) is 4. The first-order valence-corrected chi connectivity index (χ1v) is 25.5. The topological polar surface area (TPSA) is 238 Å². The first-order chi connectivity index (χ1) is 34.3. The van der Waals surface area contributed by atoms with Crippen molar-refractivity contribution >= 4 is 69.5 Å². The largest absolute Gasteiger partial charge is 0.569 e. The molecule has 0 aromatic carbocycles. The molecule has 363 valence electrons. The van der Waals surface area contributed by atoms with Crippen molar-refractivity contribution in [1.82, 2.24) is 54.7 Å². The van der Waals surface area contributed by atoms with Crippen LogP contribution < -0.4 is 15.3 Å². The number of anilines is 2. The number of thiazole rings is 2. The molecule has 23 heteroatoms. The Morgan fingerprint density at radius 1 is 0.771 bits per heavy atom. The summed E-state index contributed by atoms with van der Waals surface area (Å²) in [4.78, 5) is 46.0. The van der Waals surface area contributed by atoms with Gasteiger partial charge in [-0.3, -0.25) is 34.0 Å². The van der Waals surface area contributed by atoms with Crippen LogP contribution in [0.1, 0.15) is 98.3 Å². The van der Waals surface area contributed by atoms with Crippen LogP contribution in [0.15, 0.2) is 107 Å². The third-order valence-electron chi connectivity index (χ3n) is 11.6. The van der Waals surface area contributed by atoms with E-state index in [1.54, 1.807) is 54.0 Å². The molecule has 0 bridgehead atoms. The number of carbonyl (C=O) groups excluding carboxylic acids is 2. The summed E-state index contributed by atoms with van der Waals surface area (Å²) >= 11 is 6.08. The van der Waals surface area contributed by atoms with Crippen molar-refractivity contribution in [1.29, 1.82) is 0 Å². The van der Waals surface area contributed by atoms with Gasteiger partial charge in [-0.25, -0.2) is 9.97 Å². The lowest BCUT2D eigenvalue weighted by Crippen LogP contribution is -2.24. The highest BCUT2D eigenvalue weighted by molar-refractivity contribution is 9.11. The molecule has 0 spiro atoms. The zero-order chi connectivity index (χ0) is 48.7. The number of aromatic amines is 2. The number of halogens is 1. The number of rotatable bonds is 15. The molecule has 19 nitrogen and oxygen atoms in total. The molecule has 0 aliphatic heterocycles. The summed E-state index contributed by atoms with van der Waals surface area (Å²) in [5.41, 5.74) is 5.61. The molecule has 8 aromatic rings. The maximum Gasteiger partial charge on any atom is 0.569 e. The highest BCUT2D eigenvalue weighted by Gasteiger charge is 2.28. The van der Waals surface area contributed by atoms with Gasteiger partial charge in [0.1, 0.15) is 33.5 Å². The molecule has 2 aliphatic rings. The van der Waals surface area contributed by atoms with Gasteiger partial charge >= 0.3 is 7.69 Å². The van der Waals surface area contributed by atoms with Crippen LogP contribution in [0.2, 0.25) is 0 Å². The van der Waals surface area contributed by atoms with Crippen LogP contribution in [0, 0.1) is 0 Å². The van der Waals surface area contributed by atoms with Crippen LogP contribution in [0.5, 0.6) is 5.75 Å². The van der Waals surface area contributed by atoms with Crippen molar-refractivity contribution < 1.29 is 28.7 Å². The maximum atomic E-state index is 13.0. The van der Waals surface area contributed by atoms with Crippen LogP contribution in [-0.2, 0) is 9.47 Å². The number of hydrogen-bond acceptors (Lipinski definition) is 15. The van der Waals surface area contributed by atoms with Gasteiger partial charge in [-0.2, -0.15) is 15.3 Å². The van der Waals surface area contributed by atoms with Gasteiger partial charge in [-0.15, -0.1) is 22.7 Å². The summed E-state index contributed by atoms with van der Waals surface area (Å²) < 4.78 is 20.7. The number of pyridine rings is 2. The molecular weight excluding hydrogens is 997 g/mol. The average Bonchev–Trinajstić information content (AvgIpc) is 4.26. The van der Waals surface area contributed by atoms with E-state index in [4.69, 9.17) is 24.7 Å². The van der Waals surface area contributed by atoms with E-state index in [1.807, 2.05) is 72.0 Å². The third kappa shape index (κ3) is 13.3. The van der Waals surface area contributed by atoms with Crippen LogP contribution in [-0.4, -0.2) is 105 Å². The predicted molar refractivity (Wildman–Crippen MR) is 272 cm³/mol. The molecule has 70 heavy (non-hydrogen) atoms. The lowest BCUT2D eigenvalue weighted by Gasteiger charge is -2.28. The summed E-state index contributed by atoms with van der Waals surface area (Å²) in [6.07, 6.45) is 22.8. The number of nitrogens with zero attached hydrogens (tertiary/aromatic N) is 9. The summed E-state index contributed by atoms with van der Waals surface area (Å²) in [6.45, 7) is 5.57. The molecule has 0 saturated heterocycles. The van der Waals surface area contributed by atoms with Crippen LogP contribution in [0.4, 0.5) is 11.4 Å². The van der Waals surface area contributed by atoms with Crippen LogP contribution in [0.3, 0.4) is 0 Å². The Kier molecular flexibility index (Phi) is 17.8. The van der Waals surface area contributed by atoms with Gasteiger partial charge in [0, 0.05) is 72.9 Å². The normalized spacial score (nSPS) is 17.6. The molecule has 2 fully saturated rings. The second-order valence-corrected chi connectivity index (χ2v) is 19.1. The number of carbonyl (C=O) groups is 2. The van der Waals surface area contributed by atoms with E-state index in [1.165, 1.54) is 22.7 Å². The lowest BCUT2D eigenvalue weighted by atomic mass is 9.93. The van der Waals surface area contributed by atoms with Crippen molar-refractivity contribution in [3.05, 3.63) is 118 Å². The van der Waals surface area contributed by atoms with Crippen molar-refractivity contribution in [2.75, 3.05) is 23.8 Å². The van der Waals surface area contributed by atoms with Gasteiger partial charge in [-0.1, -0.05) is 12.1 Å². The molecule has 5 N–H and O–H groups in total. The second kappa shape index (κ2) is 25.0. The van der Waals surface area contributed by atoms with Gasteiger partial charge in [0.2, 0.25) is 0 Å². The highest BCUT2D eigenvalue weighted by atomic mass is 79.9. The molecule has 10 rings (SSSR count). The summed E-state index contributed by atoms with van der Waals surface area (Å²) in [5.74, 6) is 0.0639. The van der Waals surface area contributed by atoms with Crippen molar-refractivity contribution in [2.24, 2.45) is 0 Å². The molecule has 2 amide bonds. The summed E-state index contributed by atoms with van der Waals surface area (Å²) in [5, 5.41) is 34.6. The van der Waals surface area contributed by atoms with Gasteiger partial charge in [0.25, 0.3) is 11.8 Å². The first-order valence-electron chi connectivity index (χ1n) is 23.0. The summed E-state index contributed by atoms with van der Waals surface area (Å²) in [7, 11) is 0.642. The predicted octanol–water partition coefficient (Wildman–Crippen LogP) is 9.42. The Balaban J connectivity index is 0.000000163. The minimum Gasteiger partial charge on any atom is -0.536 e. The minimum absolute atomic E-state index is 0.260. The average molecular weight is 1050 g/mol. The zero-order valence-electron chi connectivity index (χ0n) is 38.5. The van der Waals surface area contributed by atoms with Crippen LogP contribution in [0.25, 0.3) is 33.3 Å². The molecule has 8 aromatic heterocycles. The number of amides is 2. The van der Waals surface area contributed by atoms with Crippen molar-refractivity contribution in [3.8, 4) is 39.1 Å². The Morgan fingerprint density at radius 2 is 1.33 bits per heavy atom. The maximum absolute atomic E-state index is 13.0. The quantitative estimate of drug-likeness (QED) is 0.0602. The molecule has 1 radical (unpaired) electrons. The number of aromatic nitrogens is 11.